The Hall–Kier alpha value is -0.970. The average Bonchev–Trinajstić information content (AvgIpc) is 2.47. The van der Waals surface area contributed by atoms with Crippen LogP contribution in [0.3, 0.4) is 0 Å². The highest BCUT2D eigenvalue weighted by Crippen LogP contribution is 2.45. The van der Waals surface area contributed by atoms with Crippen LogP contribution in [0.25, 0.3) is 0 Å². The van der Waals surface area contributed by atoms with Gasteiger partial charge < -0.3 is 19.3 Å². The fourth-order valence-corrected chi connectivity index (χ4v) is 3.43. The van der Waals surface area contributed by atoms with Gasteiger partial charge in [-0.3, -0.25) is 0 Å². The zero-order chi connectivity index (χ0) is 14.9. The van der Waals surface area contributed by atoms with Crippen LogP contribution in [0.1, 0.15) is 37.7 Å². The minimum Gasteiger partial charge on any atom is -0.493 e. The Labute approximate surface area is 130 Å². The summed E-state index contributed by atoms with van der Waals surface area (Å²) in [5, 5.41) is 9.71. The zero-order valence-electron chi connectivity index (χ0n) is 12.2. The predicted octanol–water partition coefficient (Wildman–Crippen LogP) is 3.32. The van der Waals surface area contributed by atoms with Crippen molar-refractivity contribution in [2.24, 2.45) is 0 Å². The summed E-state index contributed by atoms with van der Waals surface area (Å²) in [5.74, 6) is 1.14. The number of benzene rings is 1. The van der Waals surface area contributed by atoms with Gasteiger partial charge in [0.2, 0.25) is 0 Å². The van der Waals surface area contributed by atoms with Gasteiger partial charge in [-0.1, -0.05) is 11.6 Å². The van der Waals surface area contributed by atoms with E-state index in [1.54, 1.807) is 19.2 Å². The summed E-state index contributed by atoms with van der Waals surface area (Å²) < 4.78 is 17.4. The Morgan fingerprint density at radius 3 is 2.86 bits per heavy atom. The van der Waals surface area contributed by atoms with Gasteiger partial charge in [-0.2, -0.15) is 0 Å². The lowest BCUT2D eigenvalue weighted by Gasteiger charge is -2.47. The fourth-order valence-electron chi connectivity index (χ4n) is 3.15. The van der Waals surface area contributed by atoms with Gasteiger partial charge in [0, 0.05) is 12.8 Å². The number of methoxy groups -OCH3 is 1. The van der Waals surface area contributed by atoms with Gasteiger partial charge in [0.15, 0.2) is 11.5 Å². The lowest BCUT2D eigenvalue weighted by atomic mass is 9.74. The molecule has 1 N–H and O–H groups in total. The molecular formula is C16H21ClO4. The molecule has 1 aliphatic heterocycles. The molecule has 116 valence electrons. The lowest BCUT2D eigenvalue weighted by molar-refractivity contribution is -0.153. The molecule has 4 nitrogen and oxygen atoms in total. The molecule has 1 spiro atoms. The Morgan fingerprint density at radius 1 is 1.43 bits per heavy atom. The van der Waals surface area contributed by atoms with Crippen LogP contribution in [-0.4, -0.2) is 30.5 Å². The van der Waals surface area contributed by atoms with E-state index in [2.05, 4.69) is 0 Å². The van der Waals surface area contributed by atoms with Crippen molar-refractivity contribution in [3.05, 3.63) is 22.7 Å². The van der Waals surface area contributed by atoms with Gasteiger partial charge in [-0.05, 0) is 37.0 Å². The van der Waals surface area contributed by atoms with E-state index in [0.717, 1.165) is 32.3 Å². The number of rotatable bonds is 4. The number of hydrogen-bond acceptors (Lipinski definition) is 4. The summed E-state index contributed by atoms with van der Waals surface area (Å²) in [6.45, 7) is 0.663. The molecule has 1 aliphatic carbocycles. The predicted molar refractivity (Wildman–Crippen MR) is 80.1 cm³/mol. The first-order chi connectivity index (χ1) is 10.2. The minimum absolute atomic E-state index is 0.0354. The number of ether oxygens (including phenoxy) is 3. The van der Waals surface area contributed by atoms with Crippen molar-refractivity contribution in [1.29, 1.82) is 0 Å². The summed E-state index contributed by atoms with van der Waals surface area (Å²) in [5.41, 5.74) is 0.750. The molecule has 2 aliphatic rings. The number of halogens is 1. The van der Waals surface area contributed by atoms with E-state index in [1.807, 2.05) is 0 Å². The summed E-state index contributed by atoms with van der Waals surface area (Å²) >= 11 is 6.28. The van der Waals surface area contributed by atoms with Crippen LogP contribution >= 0.6 is 11.6 Å². The Kier molecular flexibility index (Phi) is 4.29. The van der Waals surface area contributed by atoms with Gasteiger partial charge in [-0.25, -0.2) is 0 Å². The Morgan fingerprint density at radius 2 is 2.24 bits per heavy atom. The van der Waals surface area contributed by atoms with Crippen molar-refractivity contribution in [3.8, 4) is 11.5 Å². The van der Waals surface area contributed by atoms with Crippen LogP contribution in [0.2, 0.25) is 5.02 Å². The van der Waals surface area contributed by atoms with Gasteiger partial charge in [0.05, 0.1) is 30.9 Å². The summed E-state index contributed by atoms with van der Waals surface area (Å²) in [4.78, 5) is 0. The van der Waals surface area contributed by atoms with Crippen LogP contribution in [0.15, 0.2) is 12.1 Å². The molecule has 5 heteroatoms. The van der Waals surface area contributed by atoms with E-state index in [1.165, 1.54) is 6.42 Å². The molecule has 0 amide bonds. The molecule has 0 radical (unpaired) electrons. The largest absolute Gasteiger partial charge is 0.493 e. The van der Waals surface area contributed by atoms with Crippen LogP contribution in [-0.2, 0) is 11.3 Å². The van der Waals surface area contributed by atoms with Crippen molar-refractivity contribution >= 4 is 11.6 Å². The standard InChI is InChI=1S/C16H21ClO4/c1-19-14-8-11(10-18)7-13(17)15(14)21-12-3-6-20-16(9-12)4-2-5-16/h7-8,12,18H,2-6,9-10H2,1H3. The fraction of sp³-hybridized carbons (Fsp3) is 0.625. The molecule has 1 saturated heterocycles. The molecule has 1 aromatic carbocycles. The summed E-state index contributed by atoms with van der Waals surface area (Å²) in [6.07, 6.45) is 5.37. The van der Waals surface area contributed by atoms with Crippen molar-refractivity contribution in [2.75, 3.05) is 13.7 Å². The van der Waals surface area contributed by atoms with Crippen LogP contribution in [0.4, 0.5) is 0 Å². The molecule has 2 fully saturated rings. The maximum Gasteiger partial charge on any atom is 0.180 e. The second-order valence-electron chi connectivity index (χ2n) is 5.88. The van der Waals surface area contributed by atoms with Crippen LogP contribution < -0.4 is 9.47 Å². The van der Waals surface area contributed by atoms with E-state index in [-0.39, 0.29) is 18.3 Å². The van der Waals surface area contributed by atoms with E-state index >= 15 is 0 Å². The van der Waals surface area contributed by atoms with Crippen molar-refractivity contribution in [3.63, 3.8) is 0 Å². The number of hydrogen-bond donors (Lipinski definition) is 1. The normalized spacial score (nSPS) is 23.7. The van der Waals surface area contributed by atoms with E-state index in [9.17, 15) is 5.11 Å². The molecule has 21 heavy (non-hydrogen) atoms. The van der Waals surface area contributed by atoms with Crippen molar-refractivity contribution < 1.29 is 19.3 Å². The third-order valence-corrected chi connectivity index (χ3v) is 4.75. The average molecular weight is 313 g/mol. The molecule has 0 aromatic heterocycles. The molecule has 1 aromatic rings. The third kappa shape index (κ3) is 2.98. The monoisotopic (exact) mass is 312 g/mol. The van der Waals surface area contributed by atoms with Crippen LogP contribution in [0, 0.1) is 0 Å². The lowest BCUT2D eigenvalue weighted by Crippen LogP contribution is -2.48. The molecule has 1 atom stereocenters. The molecule has 0 bridgehead atoms. The highest BCUT2D eigenvalue weighted by atomic mass is 35.5. The quantitative estimate of drug-likeness (QED) is 0.926. The first-order valence-electron chi connectivity index (χ1n) is 7.44. The minimum atomic E-state index is -0.0727. The van der Waals surface area contributed by atoms with Gasteiger partial charge in [-0.15, -0.1) is 0 Å². The maximum atomic E-state index is 9.23. The van der Waals surface area contributed by atoms with Crippen molar-refractivity contribution in [1.82, 2.24) is 0 Å². The van der Waals surface area contributed by atoms with Gasteiger partial charge in [0.1, 0.15) is 6.10 Å². The Balaban J connectivity index is 1.77. The molecule has 1 heterocycles. The first-order valence-corrected chi connectivity index (χ1v) is 7.81. The topological polar surface area (TPSA) is 47.9 Å². The Bertz CT molecular complexity index is 513. The highest BCUT2D eigenvalue weighted by Gasteiger charge is 2.43. The first kappa shape index (κ1) is 14.9. The second-order valence-corrected chi connectivity index (χ2v) is 6.29. The molecular weight excluding hydrogens is 292 g/mol. The maximum absolute atomic E-state index is 9.23. The number of aliphatic hydroxyl groups excluding tert-OH is 1. The third-order valence-electron chi connectivity index (χ3n) is 4.47. The van der Waals surface area contributed by atoms with Gasteiger partial charge in [0.25, 0.3) is 0 Å². The summed E-state index contributed by atoms with van der Waals surface area (Å²) in [6, 6.07) is 3.48. The summed E-state index contributed by atoms with van der Waals surface area (Å²) in [7, 11) is 1.58. The molecule has 1 unspecified atom stereocenters. The molecule has 1 saturated carbocycles. The van der Waals surface area contributed by atoms with Crippen molar-refractivity contribution in [2.45, 2.75) is 50.4 Å². The van der Waals surface area contributed by atoms with E-state index in [4.69, 9.17) is 25.8 Å². The second kappa shape index (κ2) is 6.03. The SMILES string of the molecule is COc1cc(CO)cc(Cl)c1OC1CCOC2(CCC2)C1. The van der Waals surface area contributed by atoms with E-state index in [0.29, 0.717) is 22.1 Å². The molecule has 3 rings (SSSR count). The zero-order valence-corrected chi connectivity index (χ0v) is 13.0. The smallest absolute Gasteiger partial charge is 0.180 e. The van der Waals surface area contributed by atoms with Gasteiger partial charge >= 0.3 is 0 Å². The van der Waals surface area contributed by atoms with Crippen LogP contribution in [0.5, 0.6) is 11.5 Å². The van der Waals surface area contributed by atoms with E-state index < -0.39 is 0 Å². The number of aliphatic hydroxyl groups is 1. The highest BCUT2D eigenvalue weighted by molar-refractivity contribution is 6.32.